The van der Waals surface area contributed by atoms with Gasteiger partial charge >= 0.3 is 0 Å². The van der Waals surface area contributed by atoms with E-state index in [9.17, 15) is 4.79 Å². The monoisotopic (exact) mass is 290 g/mol. The van der Waals surface area contributed by atoms with Gasteiger partial charge in [0.1, 0.15) is 5.60 Å². The number of fused-ring (bicyclic) bond motifs is 1. The number of rotatable bonds is 7. The van der Waals surface area contributed by atoms with Gasteiger partial charge in [0.15, 0.2) is 5.78 Å². The van der Waals surface area contributed by atoms with Crippen LogP contribution in [0.25, 0.3) is 0 Å². The number of ether oxygens (including phenoxy) is 2. The van der Waals surface area contributed by atoms with Gasteiger partial charge in [0.05, 0.1) is 12.7 Å². The van der Waals surface area contributed by atoms with E-state index >= 15 is 0 Å². The predicted molar refractivity (Wildman–Crippen MR) is 83.4 cm³/mol. The van der Waals surface area contributed by atoms with Crippen LogP contribution >= 0.6 is 0 Å². The van der Waals surface area contributed by atoms with Crippen molar-refractivity contribution in [3.05, 3.63) is 35.4 Å². The molecule has 0 radical (unpaired) electrons. The smallest absolute Gasteiger partial charge is 0.167 e. The molecule has 21 heavy (non-hydrogen) atoms. The Morgan fingerprint density at radius 3 is 2.67 bits per heavy atom. The molecule has 1 aliphatic rings. The van der Waals surface area contributed by atoms with Crippen LogP contribution in [0, 0.1) is 0 Å². The Morgan fingerprint density at radius 1 is 1.29 bits per heavy atom. The average Bonchev–Trinajstić information content (AvgIpc) is 2.53. The fraction of sp³-hybridized carbons (Fsp3) is 0.611. The van der Waals surface area contributed by atoms with Crippen LogP contribution in [0.2, 0.25) is 0 Å². The summed E-state index contributed by atoms with van der Waals surface area (Å²) < 4.78 is 11.7. The lowest BCUT2D eigenvalue weighted by molar-refractivity contribution is -0.148. The molecule has 0 saturated heterocycles. The summed E-state index contributed by atoms with van der Waals surface area (Å²) in [5, 5.41) is 0. The van der Waals surface area contributed by atoms with Crippen molar-refractivity contribution in [3.63, 3.8) is 0 Å². The van der Waals surface area contributed by atoms with Crippen molar-refractivity contribution in [2.75, 3.05) is 13.2 Å². The van der Waals surface area contributed by atoms with E-state index in [2.05, 4.69) is 12.1 Å². The quantitative estimate of drug-likeness (QED) is 0.765. The third-order valence-corrected chi connectivity index (χ3v) is 4.53. The van der Waals surface area contributed by atoms with Crippen LogP contribution in [0.4, 0.5) is 0 Å². The van der Waals surface area contributed by atoms with Crippen molar-refractivity contribution < 1.29 is 14.3 Å². The Hall–Kier alpha value is -1.19. The number of hydrogen-bond donors (Lipinski definition) is 0. The van der Waals surface area contributed by atoms with E-state index in [1.54, 1.807) is 0 Å². The first kappa shape index (κ1) is 16.2. The summed E-state index contributed by atoms with van der Waals surface area (Å²) in [5.74, 6) is 0.163. The van der Waals surface area contributed by atoms with Crippen molar-refractivity contribution in [1.82, 2.24) is 0 Å². The molecule has 0 saturated carbocycles. The van der Waals surface area contributed by atoms with E-state index in [-0.39, 0.29) is 11.9 Å². The molecule has 0 fully saturated rings. The van der Waals surface area contributed by atoms with Gasteiger partial charge in [0.25, 0.3) is 0 Å². The van der Waals surface area contributed by atoms with E-state index in [1.807, 2.05) is 32.9 Å². The molecule has 1 unspecified atom stereocenters. The van der Waals surface area contributed by atoms with Crippen LogP contribution in [-0.2, 0) is 20.7 Å². The van der Waals surface area contributed by atoms with E-state index in [1.165, 1.54) is 5.56 Å². The fourth-order valence-corrected chi connectivity index (χ4v) is 3.21. The second kappa shape index (κ2) is 7.19. The molecule has 0 N–H and O–H groups in total. The third-order valence-electron chi connectivity index (χ3n) is 4.53. The minimum absolute atomic E-state index is 0.125. The zero-order valence-corrected chi connectivity index (χ0v) is 13.4. The molecule has 1 atom stereocenters. The molecule has 1 aromatic carbocycles. The van der Waals surface area contributed by atoms with Crippen LogP contribution < -0.4 is 0 Å². The molecule has 0 bridgehead atoms. The molecule has 3 nitrogen and oxygen atoms in total. The summed E-state index contributed by atoms with van der Waals surface area (Å²) in [6, 6.07) is 8.27. The number of carbonyl (C=O) groups is 1. The van der Waals surface area contributed by atoms with Crippen LogP contribution in [0.15, 0.2) is 24.3 Å². The SMILES string of the molecule is CCOC(CC)(CC)C(=O)CC1OCCc2ccccc21. The summed E-state index contributed by atoms with van der Waals surface area (Å²) in [7, 11) is 0. The first-order valence-corrected chi connectivity index (χ1v) is 8.03. The Balaban J connectivity index is 2.16. The lowest BCUT2D eigenvalue weighted by atomic mass is 9.86. The molecule has 0 aliphatic carbocycles. The highest BCUT2D eigenvalue weighted by atomic mass is 16.5. The number of ketones is 1. The first-order chi connectivity index (χ1) is 10.2. The molecule has 1 heterocycles. The zero-order chi connectivity index (χ0) is 15.3. The fourth-order valence-electron chi connectivity index (χ4n) is 3.21. The van der Waals surface area contributed by atoms with Crippen LogP contribution in [0.5, 0.6) is 0 Å². The van der Waals surface area contributed by atoms with Gasteiger partial charge in [-0.15, -0.1) is 0 Å². The minimum Gasteiger partial charge on any atom is -0.373 e. The molecular formula is C18H26O3. The lowest BCUT2D eigenvalue weighted by Gasteiger charge is -2.33. The van der Waals surface area contributed by atoms with Crippen LogP contribution in [-0.4, -0.2) is 24.6 Å². The minimum atomic E-state index is -0.648. The van der Waals surface area contributed by atoms with Gasteiger partial charge in [-0.2, -0.15) is 0 Å². The van der Waals surface area contributed by atoms with Crippen LogP contribution in [0.1, 0.15) is 57.3 Å². The van der Waals surface area contributed by atoms with E-state index in [0.717, 1.165) is 12.0 Å². The summed E-state index contributed by atoms with van der Waals surface area (Å²) in [6.45, 7) is 7.24. The highest BCUT2D eigenvalue weighted by Gasteiger charge is 2.37. The van der Waals surface area contributed by atoms with Crippen molar-refractivity contribution in [2.45, 2.75) is 58.2 Å². The van der Waals surface area contributed by atoms with Crippen molar-refractivity contribution in [1.29, 1.82) is 0 Å². The predicted octanol–water partition coefficient (Wildman–Crippen LogP) is 3.85. The lowest BCUT2D eigenvalue weighted by Crippen LogP contribution is -2.41. The highest BCUT2D eigenvalue weighted by Crippen LogP contribution is 2.33. The molecular weight excluding hydrogens is 264 g/mol. The van der Waals surface area contributed by atoms with Gasteiger partial charge in [-0.25, -0.2) is 0 Å². The molecule has 0 aromatic heterocycles. The maximum absolute atomic E-state index is 12.8. The molecule has 3 heteroatoms. The number of carbonyl (C=O) groups excluding carboxylic acids is 1. The van der Waals surface area contributed by atoms with Gasteiger partial charge in [0.2, 0.25) is 0 Å². The van der Waals surface area contributed by atoms with Gasteiger partial charge in [-0.05, 0) is 37.3 Å². The normalized spacial score (nSPS) is 18.3. The largest absolute Gasteiger partial charge is 0.373 e. The van der Waals surface area contributed by atoms with Gasteiger partial charge in [-0.1, -0.05) is 38.1 Å². The summed E-state index contributed by atoms with van der Waals surface area (Å²) in [6.07, 6.45) is 2.63. The maximum Gasteiger partial charge on any atom is 0.167 e. The Bertz CT molecular complexity index is 477. The van der Waals surface area contributed by atoms with Crippen molar-refractivity contribution >= 4 is 5.78 Å². The number of hydrogen-bond acceptors (Lipinski definition) is 3. The zero-order valence-electron chi connectivity index (χ0n) is 13.4. The van der Waals surface area contributed by atoms with E-state index in [0.29, 0.717) is 32.5 Å². The number of Topliss-reactive ketones (excluding diaryl/α,β-unsaturated/α-hetero) is 1. The molecule has 2 rings (SSSR count). The van der Waals surface area contributed by atoms with Gasteiger partial charge in [-0.3, -0.25) is 4.79 Å². The number of benzene rings is 1. The van der Waals surface area contributed by atoms with E-state index < -0.39 is 5.60 Å². The second-order valence-electron chi connectivity index (χ2n) is 5.57. The molecule has 0 spiro atoms. The van der Waals surface area contributed by atoms with Crippen LogP contribution in [0.3, 0.4) is 0 Å². The van der Waals surface area contributed by atoms with Crippen molar-refractivity contribution in [3.8, 4) is 0 Å². The topological polar surface area (TPSA) is 35.5 Å². The standard InChI is InChI=1S/C18H26O3/c1-4-18(5-2,21-6-3)17(19)13-16-15-10-8-7-9-14(15)11-12-20-16/h7-10,16H,4-6,11-13H2,1-3H3. The van der Waals surface area contributed by atoms with E-state index in [4.69, 9.17) is 9.47 Å². The van der Waals surface area contributed by atoms with Crippen molar-refractivity contribution in [2.24, 2.45) is 0 Å². The van der Waals surface area contributed by atoms with Gasteiger partial charge in [0, 0.05) is 13.0 Å². The molecule has 0 amide bonds. The second-order valence-corrected chi connectivity index (χ2v) is 5.57. The third kappa shape index (κ3) is 3.35. The Morgan fingerprint density at radius 2 is 2.00 bits per heavy atom. The Labute approximate surface area is 127 Å². The highest BCUT2D eigenvalue weighted by molar-refractivity contribution is 5.87. The maximum atomic E-state index is 12.8. The summed E-state index contributed by atoms with van der Waals surface area (Å²) >= 11 is 0. The molecule has 1 aliphatic heterocycles. The summed E-state index contributed by atoms with van der Waals surface area (Å²) in [5.41, 5.74) is 1.82. The molecule has 1 aromatic rings. The molecule has 116 valence electrons. The first-order valence-electron chi connectivity index (χ1n) is 8.03. The Kier molecular flexibility index (Phi) is 5.54. The van der Waals surface area contributed by atoms with Gasteiger partial charge < -0.3 is 9.47 Å². The average molecular weight is 290 g/mol. The summed E-state index contributed by atoms with van der Waals surface area (Å²) in [4.78, 5) is 12.8.